The first-order valence-electron chi connectivity index (χ1n) is 28.0. The van der Waals surface area contributed by atoms with Crippen molar-refractivity contribution in [2.75, 3.05) is 6.54 Å². The maximum atomic E-state index is 13.0. The van der Waals surface area contributed by atoms with Gasteiger partial charge in [-0.25, -0.2) is 8.42 Å². The molecule has 0 radical (unpaired) electrons. The van der Waals surface area contributed by atoms with E-state index in [1.807, 2.05) is 32.0 Å². The van der Waals surface area contributed by atoms with Crippen LogP contribution in [0.1, 0.15) is 158 Å². The molecular formula is C59H82N2O16S. The topological polar surface area (TPSA) is 253 Å². The van der Waals surface area contributed by atoms with Gasteiger partial charge in [0.25, 0.3) is 0 Å². The van der Waals surface area contributed by atoms with Gasteiger partial charge in [0.1, 0.15) is 17.2 Å². The number of para-hydroxylation sites is 3. The number of aliphatic hydroxyl groups excluding tert-OH is 3. The predicted molar refractivity (Wildman–Crippen MR) is 288 cm³/mol. The number of benzene rings is 4. The lowest BCUT2D eigenvalue weighted by molar-refractivity contribution is -0.253. The SMILES string of the molecule is CCC1CC(CCCC2CC(CC(O)CCCC3CC(CCCC(O)CC4C[C@H](C)OC(c5ccccc5O)O4)OC(c4ccccc4O)O3)OC(CNC(O)NS(=O)(=O)c3ccc(C)cc3)O2)OC(c2ccccc2O)O1. The van der Waals surface area contributed by atoms with Crippen LogP contribution >= 0.6 is 0 Å². The van der Waals surface area contributed by atoms with Crippen molar-refractivity contribution in [3.05, 3.63) is 119 Å². The highest BCUT2D eigenvalue weighted by Gasteiger charge is 2.37. The van der Waals surface area contributed by atoms with Gasteiger partial charge in [0.05, 0.1) is 72.5 Å². The predicted octanol–water partition coefficient (Wildman–Crippen LogP) is 8.82. The lowest BCUT2D eigenvalue weighted by atomic mass is 9.95. The van der Waals surface area contributed by atoms with Crippen molar-refractivity contribution in [3.8, 4) is 17.2 Å². The van der Waals surface area contributed by atoms with E-state index in [-0.39, 0.29) is 71.4 Å². The minimum Gasteiger partial charge on any atom is -0.507 e. The number of hydrogen-bond donors (Lipinski definition) is 8. The molecule has 14 unspecified atom stereocenters. The maximum absolute atomic E-state index is 13.0. The zero-order valence-corrected chi connectivity index (χ0v) is 45.9. The summed E-state index contributed by atoms with van der Waals surface area (Å²) in [6, 6.07) is 27.2. The van der Waals surface area contributed by atoms with Crippen LogP contribution in [0, 0.1) is 6.92 Å². The van der Waals surface area contributed by atoms with E-state index in [2.05, 4.69) is 17.0 Å². The van der Waals surface area contributed by atoms with Crippen molar-refractivity contribution >= 4 is 10.0 Å². The fourth-order valence-corrected chi connectivity index (χ4v) is 12.0. The monoisotopic (exact) mass is 1110 g/mol. The Hall–Kier alpha value is -4.29. The molecular weight excluding hydrogens is 1020 g/mol. The average molecular weight is 1110 g/mol. The van der Waals surface area contributed by atoms with Crippen molar-refractivity contribution in [2.24, 2.45) is 0 Å². The number of nitrogens with one attached hydrogen (secondary N) is 2. The van der Waals surface area contributed by atoms with Crippen LogP contribution in [0.3, 0.4) is 0 Å². The number of ether oxygens (including phenoxy) is 8. The quantitative estimate of drug-likeness (QED) is 0.0273. The molecule has 18 nitrogen and oxygen atoms in total. The summed E-state index contributed by atoms with van der Waals surface area (Å²) in [5.41, 5.74) is 2.58. The number of phenolic OH excluding ortho intramolecular Hbond substituents is 3. The highest BCUT2D eigenvalue weighted by Crippen LogP contribution is 2.40. The molecule has 0 aromatic heterocycles. The molecule has 430 valence electrons. The molecule has 4 heterocycles. The van der Waals surface area contributed by atoms with E-state index in [9.17, 15) is 39.1 Å². The molecule has 0 spiro atoms. The second-order valence-electron chi connectivity index (χ2n) is 21.5. The molecule has 0 bridgehead atoms. The van der Waals surface area contributed by atoms with Crippen molar-refractivity contribution in [1.82, 2.24) is 10.0 Å². The number of sulfonamides is 1. The summed E-state index contributed by atoms with van der Waals surface area (Å²) in [5, 5.41) is 68.1. The molecule has 15 atom stereocenters. The summed E-state index contributed by atoms with van der Waals surface area (Å²) >= 11 is 0. The van der Waals surface area contributed by atoms with Crippen molar-refractivity contribution < 1.29 is 77.0 Å². The van der Waals surface area contributed by atoms with Crippen LogP contribution in [0.4, 0.5) is 0 Å². The molecule has 4 aromatic rings. The molecule has 0 amide bonds. The lowest BCUT2D eigenvalue weighted by Gasteiger charge is -2.38. The van der Waals surface area contributed by atoms with Gasteiger partial charge in [-0.05, 0) is 128 Å². The number of aromatic hydroxyl groups is 3. The zero-order chi connectivity index (χ0) is 55.2. The maximum Gasteiger partial charge on any atom is 0.243 e. The van der Waals surface area contributed by atoms with E-state index in [4.69, 9.17) is 37.9 Å². The van der Waals surface area contributed by atoms with E-state index in [1.54, 1.807) is 66.7 Å². The smallest absolute Gasteiger partial charge is 0.243 e. The first-order valence-corrected chi connectivity index (χ1v) is 29.5. The fourth-order valence-electron chi connectivity index (χ4n) is 11.0. The largest absolute Gasteiger partial charge is 0.507 e. The molecule has 4 saturated heterocycles. The number of aliphatic hydroxyl groups is 3. The van der Waals surface area contributed by atoms with Crippen molar-refractivity contribution in [3.63, 3.8) is 0 Å². The van der Waals surface area contributed by atoms with E-state index in [0.717, 1.165) is 24.8 Å². The molecule has 4 aliphatic rings. The average Bonchev–Trinajstić information content (AvgIpc) is 3.43. The van der Waals surface area contributed by atoms with Gasteiger partial charge in [-0.2, -0.15) is 4.72 Å². The molecule has 8 rings (SSSR count). The summed E-state index contributed by atoms with van der Waals surface area (Å²) < 4.78 is 78.8. The van der Waals surface area contributed by atoms with Crippen LogP contribution in [-0.2, 0) is 47.9 Å². The fraction of sp³-hybridized carbons (Fsp3) is 0.593. The summed E-state index contributed by atoms with van der Waals surface area (Å²) in [7, 11) is -4.04. The number of aryl methyl sites for hydroxylation is 1. The van der Waals surface area contributed by atoms with Crippen LogP contribution < -0.4 is 10.0 Å². The van der Waals surface area contributed by atoms with Crippen LogP contribution in [0.15, 0.2) is 102 Å². The van der Waals surface area contributed by atoms with Gasteiger partial charge < -0.3 is 68.5 Å². The molecule has 4 fully saturated rings. The number of rotatable bonds is 26. The van der Waals surface area contributed by atoms with E-state index in [0.29, 0.717) is 100 Å². The van der Waals surface area contributed by atoms with E-state index < -0.39 is 59.8 Å². The second-order valence-corrected chi connectivity index (χ2v) is 23.2. The third kappa shape index (κ3) is 17.6. The van der Waals surface area contributed by atoms with E-state index in [1.165, 1.54) is 12.1 Å². The Kier molecular flexibility index (Phi) is 22.2. The summed E-state index contributed by atoms with van der Waals surface area (Å²) in [4.78, 5) is 0.0126. The van der Waals surface area contributed by atoms with E-state index >= 15 is 0 Å². The van der Waals surface area contributed by atoms with Gasteiger partial charge in [0.2, 0.25) is 10.0 Å². The van der Waals surface area contributed by atoms with Gasteiger partial charge in [-0.3, -0.25) is 5.32 Å². The molecule has 78 heavy (non-hydrogen) atoms. The Morgan fingerprint density at radius 2 is 0.936 bits per heavy atom. The Balaban J connectivity index is 0.838. The Morgan fingerprint density at radius 1 is 0.526 bits per heavy atom. The summed E-state index contributed by atoms with van der Waals surface area (Å²) in [6.07, 6.45) is 1.95. The first-order chi connectivity index (χ1) is 37.6. The molecule has 8 N–H and O–H groups in total. The minimum absolute atomic E-state index is 0.0126. The van der Waals surface area contributed by atoms with Gasteiger partial charge in [-0.1, -0.05) is 79.2 Å². The second kappa shape index (κ2) is 28.9. The molecule has 4 aliphatic heterocycles. The number of phenols is 3. The zero-order valence-electron chi connectivity index (χ0n) is 45.1. The highest BCUT2D eigenvalue weighted by molar-refractivity contribution is 7.89. The van der Waals surface area contributed by atoms with Gasteiger partial charge >= 0.3 is 0 Å². The van der Waals surface area contributed by atoms with Gasteiger partial charge in [0.15, 0.2) is 31.5 Å². The standard InChI is InChI=1S/C59H82N2O16S/c1-4-41-33-43(74-57(73-41)50-21-6-9-24-53(50)65)19-13-18-42-35-47(72-55(71-42)36-60-59(67)61-78(68,69)48-28-26-37(2)27-29-48)32-40(63)15-12-17-45-34-44(75-58(76-45)51-22-7-10-25-54(51)66)16-11-14-39(62)31-46-30-38(3)70-56(77-46)49-20-5-8-23-52(49)64/h5-10,20-29,38-47,55-67H,4,11-19,30-36H2,1-3H3/t38-,39?,40?,41?,42?,43?,44?,45?,46?,47?,55?,56?,57?,58?,59?/m0/s1. The van der Waals surface area contributed by atoms with Gasteiger partial charge in [-0.15, -0.1) is 0 Å². The van der Waals surface area contributed by atoms with Gasteiger partial charge in [0, 0.05) is 36.0 Å². The molecule has 19 heteroatoms. The Bertz CT molecular complexity index is 2560. The molecule has 0 saturated carbocycles. The highest BCUT2D eigenvalue weighted by atomic mass is 32.2. The normalized spacial score (nSPS) is 29.2. The minimum atomic E-state index is -4.04. The number of hydrogen-bond acceptors (Lipinski definition) is 17. The molecule has 4 aromatic carbocycles. The van der Waals surface area contributed by atoms with Crippen molar-refractivity contribution in [2.45, 2.75) is 221 Å². The Morgan fingerprint density at radius 3 is 1.45 bits per heavy atom. The van der Waals surface area contributed by atoms with Crippen LogP contribution in [0.5, 0.6) is 17.2 Å². The summed E-state index contributed by atoms with van der Waals surface area (Å²) in [5.74, 6) is 0.290. The lowest BCUT2D eigenvalue weighted by Crippen LogP contribution is -2.51. The third-order valence-corrected chi connectivity index (χ3v) is 16.6. The van der Waals surface area contributed by atoms with Crippen molar-refractivity contribution in [1.29, 1.82) is 0 Å². The molecule has 0 aliphatic carbocycles. The van der Waals surface area contributed by atoms with Crippen LogP contribution in [-0.4, -0.2) is 119 Å². The summed E-state index contributed by atoms with van der Waals surface area (Å²) in [6.45, 7) is 5.84. The van der Waals surface area contributed by atoms with Crippen LogP contribution in [0.25, 0.3) is 0 Å². The first kappa shape index (κ1) is 59.8. The Labute approximate surface area is 459 Å². The third-order valence-electron chi connectivity index (χ3n) is 15.1. The van der Waals surface area contributed by atoms with Crippen LogP contribution in [0.2, 0.25) is 0 Å².